The largest absolute Gasteiger partial charge is 0.491 e. The molecule has 0 atom stereocenters. The Hall–Kier alpha value is -2.04. The van der Waals surface area contributed by atoms with Crippen molar-refractivity contribution in [2.45, 2.75) is 31.8 Å². The minimum atomic E-state index is 0.0403. The quantitative estimate of drug-likeness (QED) is 0.801. The highest BCUT2D eigenvalue weighted by Gasteiger charge is 2.20. The lowest BCUT2D eigenvalue weighted by Crippen LogP contribution is -2.44. The Morgan fingerprint density at radius 1 is 1.08 bits per heavy atom. The third-order valence-electron chi connectivity index (χ3n) is 4.63. The summed E-state index contributed by atoms with van der Waals surface area (Å²) in [5.41, 5.74) is 1.34. The van der Waals surface area contributed by atoms with Gasteiger partial charge in [-0.05, 0) is 30.5 Å². The second kappa shape index (κ2) is 9.60. The van der Waals surface area contributed by atoms with Gasteiger partial charge in [-0.3, -0.25) is 9.69 Å². The number of nitrogens with one attached hydrogen (secondary N) is 1. The number of likely N-dealkylation sites (tertiary alicyclic amines) is 1. The molecule has 0 radical (unpaired) electrons. The predicted molar refractivity (Wildman–Crippen MR) is 104 cm³/mol. The Morgan fingerprint density at radius 3 is 2.50 bits per heavy atom. The summed E-state index contributed by atoms with van der Waals surface area (Å²) < 4.78 is 5.58. The monoisotopic (exact) mass is 372 g/mol. The van der Waals surface area contributed by atoms with Crippen molar-refractivity contribution in [2.75, 3.05) is 19.7 Å². The summed E-state index contributed by atoms with van der Waals surface area (Å²) in [7, 11) is 0. The first-order valence-electron chi connectivity index (χ1n) is 9.13. The van der Waals surface area contributed by atoms with Crippen LogP contribution in [0.25, 0.3) is 0 Å². The lowest BCUT2D eigenvalue weighted by atomic mass is 10.0. The molecule has 4 nitrogen and oxygen atoms in total. The van der Waals surface area contributed by atoms with E-state index in [0.29, 0.717) is 23.8 Å². The fourth-order valence-corrected chi connectivity index (χ4v) is 3.38. The molecule has 5 heteroatoms. The Kier molecular flexibility index (Phi) is 6.92. The number of nitrogens with zero attached hydrogens (tertiary/aromatic N) is 1. The van der Waals surface area contributed by atoms with Crippen molar-refractivity contribution in [3.05, 3.63) is 65.2 Å². The maximum atomic E-state index is 12.1. The second-order valence-electron chi connectivity index (χ2n) is 6.63. The Balaban J connectivity index is 1.34. The number of hydrogen-bond donors (Lipinski definition) is 1. The van der Waals surface area contributed by atoms with Crippen LogP contribution in [0, 0.1) is 0 Å². The Morgan fingerprint density at radius 2 is 1.77 bits per heavy atom. The first kappa shape index (κ1) is 18.7. The van der Waals surface area contributed by atoms with Gasteiger partial charge in [0.2, 0.25) is 5.91 Å². The third kappa shape index (κ3) is 5.75. The molecule has 0 aliphatic carbocycles. The third-order valence-corrected chi connectivity index (χ3v) is 4.94. The number of carbonyl (C=O) groups is 1. The molecule has 0 unspecified atom stereocenters. The minimum Gasteiger partial charge on any atom is -0.491 e. The van der Waals surface area contributed by atoms with Gasteiger partial charge in [0.15, 0.2) is 0 Å². The summed E-state index contributed by atoms with van der Waals surface area (Å²) in [5.74, 6) is 0.662. The van der Waals surface area contributed by atoms with E-state index in [1.54, 1.807) is 6.07 Å². The number of benzene rings is 2. The van der Waals surface area contributed by atoms with Crippen molar-refractivity contribution in [1.82, 2.24) is 10.2 Å². The van der Waals surface area contributed by atoms with Gasteiger partial charge in [0, 0.05) is 25.7 Å². The van der Waals surface area contributed by atoms with Gasteiger partial charge in [0.1, 0.15) is 5.75 Å². The zero-order chi connectivity index (χ0) is 18.2. The predicted octanol–water partition coefficient (Wildman–Crippen LogP) is 3.89. The molecule has 0 aromatic heterocycles. The van der Waals surface area contributed by atoms with Gasteiger partial charge in [-0.1, -0.05) is 54.1 Å². The van der Waals surface area contributed by atoms with Crippen LogP contribution in [0.5, 0.6) is 5.75 Å². The van der Waals surface area contributed by atoms with Crippen molar-refractivity contribution >= 4 is 17.5 Å². The standard InChI is InChI=1S/C21H25ClN2O2/c22-19-8-4-5-9-20(19)26-15-12-21(25)23-18-10-13-24(14-11-18)16-17-6-2-1-3-7-17/h1-9,18H,10-16H2,(H,23,25). The Labute approximate surface area is 160 Å². The maximum Gasteiger partial charge on any atom is 0.223 e. The van der Waals surface area contributed by atoms with Gasteiger partial charge >= 0.3 is 0 Å². The SMILES string of the molecule is O=C(CCOc1ccccc1Cl)NC1CCN(Cc2ccccc2)CC1. The number of ether oxygens (including phenoxy) is 1. The fourth-order valence-electron chi connectivity index (χ4n) is 3.19. The fraction of sp³-hybridized carbons (Fsp3) is 0.381. The van der Waals surface area contributed by atoms with E-state index < -0.39 is 0 Å². The molecular formula is C21H25ClN2O2. The van der Waals surface area contributed by atoms with Crippen LogP contribution >= 0.6 is 11.6 Å². The van der Waals surface area contributed by atoms with E-state index in [1.807, 2.05) is 24.3 Å². The van der Waals surface area contributed by atoms with Crippen LogP contribution in [0.2, 0.25) is 5.02 Å². The van der Waals surface area contributed by atoms with Gasteiger partial charge in [0.05, 0.1) is 18.1 Å². The van der Waals surface area contributed by atoms with Crippen molar-refractivity contribution in [3.63, 3.8) is 0 Å². The molecule has 3 rings (SSSR count). The van der Waals surface area contributed by atoms with Gasteiger partial charge in [-0.15, -0.1) is 0 Å². The van der Waals surface area contributed by atoms with Crippen LogP contribution in [-0.4, -0.2) is 36.5 Å². The zero-order valence-corrected chi connectivity index (χ0v) is 15.6. The number of hydrogen-bond acceptors (Lipinski definition) is 3. The molecular weight excluding hydrogens is 348 g/mol. The van der Waals surface area contributed by atoms with E-state index in [-0.39, 0.29) is 11.9 Å². The molecule has 1 aliphatic heterocycles. The number of halogens is 1. The van der Waals surface area contributed by atoms with Gasteiger partial charge in [-0.25, -0.2) is 0 Å². The first-order valence-corrected chi connectivity index (χ1v) is 9.51. The molecule has 138 valence electrons. The van der Waals surface area contributed by atoms with Crippen molar-refractivity contribution in [3.8, 4) is 5.75 Å². The number of rotatable bonds is 7. The van der Waals surface area contributed by atoms with E-state index in [9.17, 15) is 4.79 Å². The molecule has 1 aliphatic rings. The van der Waals surface area contributed by atoms with E-state index in [0.717, 1.165) is 32.5 Å². The van der Waals surface area contributed by atoms with Crippen molar-refractivity contribution < 1.29 is 9.53 Å². The average Bonchev–Trinajstić information content (AvgIpc) is 2.66. The molecule has 2 aromatic carbocycles. The lowest BCUT2D eigenvalue weighted by molar-refractivity contribution is -0.122. The molecule has 2 aromatic rings. The molecule has 26 heavy (non-hydrogen) atoms. The molecule has 1 saturated heterocycles. The highest BCUT2D eigenvalue weighted by molar-refractivity contribution is 6.32. The topological polar surface area (TPSA) is 41.6 Å². The number of para-hydroxylation sites is 1. The van der Waals surface area contributed by atoms with Gasteiger partial charge in [-0.2, -0.15) is 0 Å². The highest BCUT2D eigenvalue weighted by Crippen LogP contribution is 2.23. The van der Waals surface area contributed by atoms with Crippen LogP contribution in [0.1, 0.15) is 24.8 Å². The van der Waals surface area contributed by atoms with Gasteiger partial charge in [0.25, 0.3) is 0 Å². The number of piperidine rings is 1. The van der Waals surface area contributed by atoms with E-state index in [2.05, 4.69) is 34.5 Å². The Bertz CT molecular complexity index is 700. The number of carbonyl (C=O) groups excluding carboxylic acids is 1. The second-order valence-corrected chi connectivity index (χ2v) is 7.04. The minimum absolute atomic E-state index is 0.0403. The van der Waals surface area contributed by atoms with E-state index >= 15 is 0 Å². The molecule has 0 spiro atoms. The summed E-state index contributed by atoms with van der Waals surface area (Å²) in [6.07, 6.45) is 2.32. The zero-order valence-electron chi connectivity index (χ0n) is 14.9. The van der Waals surface area contributed by atoms with E-state index in [1.165, 1.54) is 5.56 Å². The molecule has 1 heterocycles. The summed E-state index contributed by atoms with van der Waals surface area (Å²) in [4.78, 5) is 14.6. The lowest BCUT2D eigenvalue weighted by Gasteiger charge is -2.32. The average molecular weight is 373 g/mol. The van der Waals surface area contributed by atoms with Crippen molar-refractivity contribution in [1.29, 1.82) is 0 Å². The van der Waals surface area contributed by atoms with Crippen LogP contribution in [0.4, 0.5) is 0 Å². The summed E-state index contributed by atoms with van der Waals surface area (Å²) in [6.45, 7) is 3.33. The van der Waals surface area contributed by atoms with Gasteiger partial charge < -0.3 is 10.1 Å². The first-order chi connectivity index (χ1) is 12.7. The molecule has 0 saturated carbocycles. The highest BCUT2D eigenvalue weighted by atomic mass is 35.5. The smallest absolute Gasteiger partial charge is 0.223 e. The molecule has 0 bridgehead atoms. The van der Waals surface area contributed by atoms with Crippen LogP contribution in [0.3, 0.4) is 0 Å². The van der Waals surface area contributed by atoms with E-state index in [4.69, 9.17) is 16.3 Å². The normalized spacial score (nSPS) is 15.6. The number of amides is 1. The van der Waals surface area contributed by atoms with Crippen LogP contribution < -0.4 is 10.1 Å². The summed E-state index contributed by atoms with van der Waals surface area (Å²) in [5, 5.41) is 3.69. The van der Waals surface area contributed by atoms with Crippen LogP contribution in [-0.2, 0) is 11.3 Å². The van der Waals surface area contributed by atoms with Crippen molar-refractivity contribution in [2.24, 2.45) is 0 Å². The maximum absolute atomic E-state index is 12.1. The summed E-state index contributed by atoms with van der Waals surface area (Å²) >= 11 is 6.04. The summed E-state index contributed by atoms with van der Waals surface area (Å²) in [6, 6.07) is 18.1. The molecule has 1 amide bonds. The molecule has 1 N–H and O–H groups in total. The van der Waals surface area contributed by atoms with Crippen LogP contribution in [0.15, 0.2) is 54.6 Å². The molecule has 1 fully saturated rings.